The second-order valence-corrected chi connectivity index (χ2v) is 7.05. The fourth-order valence-electron chi connectivity index (χ4n) is 2.99. The average Bonchev–Trinajstić information content (AvgIpc) is 2.84. The quantitative estimate of drug-likeness (QED) is 0.374. The summed E-state index contributed by atoms with van der Waals surface area (Å²) in [5.74, 6) is 1.69. The van der Waals surface area contributed by atoms with Crippen LogP contribution in [0, 0.1) is 11.3 Å². The molecule has 0 aromatic heterocycles. The molecule has 0 heterocycles. The summed E-state index contributed by atoms with van der Waals surface area (Å²) in [6, 6.07) is 22.1. The van der Waals surface area contributed by atoms with Crippen molar-refractivity contribution in [1.29, 1.82) is 5.26 Å². The van der Waals surface area contributed by atoms with Crippen molar-refractivity contribution < 1.29 is 19.0 Å². The van der Waals surface area contributed by atoms with Crippen molar-refractivity contribution in [2.24, 2.45) is 5.10 Å². The maximum atomic E-state index is 12.1. The van der Waals surface area contributed by atoms with Crippen LogP contribution < -0.4 is 19.6 Å². The van der Waals surface area contributed by atoms with Crippen molar-refractivity contribution in [3.63, 3.8) is 0 Å². The topological polar surface area (TPSA) is 92.9 Å². The second-order valence-electron chi connectivity index (χ2n) is 7.05. The fourth-order valence-corrected chi connectivity index (χ4v) is 2.99. The van der Waals surface area contributed by atoms with Gasteiger partial charge >= 0.3 is 0 Å². The number of amides is 1. The summed E-state index contributed by atoms with van der Waals surface area (Å²) in [6.07, 6.45) is 1.76. The van der Waals surface area contributed by atoms with E-state index in [4.69, 9.17) is 19.5 Å². The predicted molar refractivity (Wildman–Crippen MR) is 126 cm³/mol. The minimum absolute atomic E-state index is 0.217. The summed E-state index contributed by atoms with van der Waals surface area (Å²) < 4.78 is 16.7. The summed E-state index contributed by atoms with van der Waals surface area (Å²) in [5, 5.41) is 12.9. The number of benzene rings is 3. The molecular weight excluding hydrogens is 418 g/mol. The molecular formula is C26H25N3O4. The molecule has 0 saturated heterocycles. The van der Waals surface area contributed by atoms with Gasteiger partial charge in [0.25, 0.3) is 0 Å². The van der Waals surface area contributed by atoms with Gasteiger partial charge in [0, 0.05) is 0 Å². The first-order valence-corrected chi connectivity index (χ1v) is 10.4. The van der Waals surface area contributed by atoms with Crippen LogP contribution in [0.25, 0.3) is 0 Å². The normalized spacial score (nSPS) is 10.5. The van der Waals surface area contributed by atoms with Gasteiger partial charge in [-0.15, -0.1) is 0 Å². The lowest BCUT2D eigenvalue weighted by Crippen LogP contribution is -2.19. The van der Waals surface area contributed by atoms with E-state index in [0.717, 1.165) is 22.4 Å². The number of ether oxygens (including phenoxy) is 3. The van der Waals surface area contributed by atoms with Gasteiger partial charge < -0.3 is 14.2 Å². The Labute approximate surface area is 193 Å². The van der Waals surface area contributed by atoms with Gasteiger partial charge in [0.15, 0.2) is 11.5 Å². The molecule has 0 saturated carbocycles. The Balaban J connectivity index is 1.53. The summed E-state index contributed by atoms with van der Waals surface area (Å²) in [4.78, 5) is 12.1. The Kier molecular flexibility index (Phi) is 8.43. The summed E-state index contributed by atoms with van der Waals surface area (Å²) in [5.41, 5.74) is 5.70. The van der Waals surface area contributed by atoms with Gasteiger partial charge in [-0.2, -0.15) is 10.4 Å². The molecule has 0 spiro atoms. The molecule has 0 fully saturated rings. The monoisotopic (exact) mass is 443 g/mol. The highest BCUT2D eigenvalue weighted by molar-refractivity contribution is 5.84. The van der Waals surface area contributed by atoms with Crippen molar-refractivity contribution in [2.45, 2.75) is 20.0 Å². The summed E-state index contributed by atoms with van der Waals surface area (Å²) in [7, 11) is 1.56. The third-order valence-electron chi connectivity index (χ3n) is 4.67. The fraction of sp³-hybridized carbons (Fsp3) is 0.192. The van der Waals surface area contributed by atoms with Crippen LogP contribution in [-0.4, -0.2) is 25.8 Å². The van der Waals surface area contributed by atoms with Crippen LogP contribution in [0.4, 0.5) is 0 Å². The number of rotatable bonds is 10. The number of hydrazone groups is 1. The standard InChI is InChI=1S/C26H25N3O4/c1-3-32-23-11-8-19(9-12-23)15-26(30)29-28-17-22-10-13-24(25(14-22)31-2)33-18-21-6-4-20(16-27)5-7-21/h4-14,17H,3,15,18H2,1-2H3,(H,29,30)/b28-17-. The molecule has 0 unspecified atom stereocenters. The smallest absolute Gasteiger partial charge is 0.244 e. The van der Waals surface area contributed by atoms with Crippen LogP contribution >= 0.6 is 0 Å². The molecule has 7 nitrogen and oxygen atoms in total. The van der Waals surface area contributed by atoms with Crippen LogP contribution in [0.15, 0.2) is 71.8 Å². The molecule has 3 rings (SSSR count). The summed E-state index contributed by atoms with van der Waals surface area (Å²) >= 11 is 0. The summed E-state index contributed by atoms with van der Waals surface area (Å²) in [6.45, 7) is 2.87. The van der Waals surface area contributed by atoms with Crippen LogP contribution in [0.2, 0.25) is 0 Å². The van der Waals surface area contributed by atoms with E-state index >= 15 is 0 Å². The molecule has 0 aliphatic rings. The highest BCUT2D eigenvalue weighted by Crippen LogP contribution is 2.28. The minimum Gasteiger partial charge on any atom is -0.494 e. The van der Waals surface area contributed by atoms with E-state index < -0.39 is 0 Å². The first-order chi connectivity index (χ1) is 16.1. The van der Waals surface area contributed by atoms with Crippen LogP contribution in [-0.2, 0) is 17.8 Å². The largest absolute Gasteiger partial charge is 0.494 e. The van der Waals surface area contributed by atoms with Gasteiger partial charge in [-0.25, -0.2) is 5.43 Å². The van der Waals surface area contributed by atoms with Crippen LogP contribution in [0.3, 0.4) is 0 Å². The third-order valence-corrected chi connectivity index (χ3v) is 4.67. The minimum atomic E-state index is -0.218. The van der Waals surface area contributed by atoms with E-state index in [1.807, 2.05) is 49.4 Å². The number of hydrogen-bond acceptors (Lipinski definition) is 6. The average molecular weight is 444 g/mol. The molecule has 0 bridgehead atoms. The van der Waals surface area contributed by atoms with E-state index in [0.29, 0.717) is 30.3 Å². The zero-order valence-electron chi connectivity index (χ0n) is 18.6. The SMILES string of the molecule is CCOc1ccc(CC(=O)N/N=C\c2ccc(OCc3ccc(C#N)cc3)c(OC)c2)cc1. The molecule has 0 radical (unpaired) electrons. The molecule has 33 heavy (non-hydrogen) atoms. The number of carbonyl (C=O) groups is 1. The Bertz CT molecular complexity index is 1130. The molecule has 1 N–H and O–H groups in total. The van der Waals surface area contributed by atoms with Crippen molar-refractivity contribution >= 4 is 12.1 Å². The molecule has 3 aromatic rings. The van der Waals surface area contributed by atoms with Crippen LogP contribution in [0.1, 0.15) is 29.2 Å². The van der Waals surface area contributed by atoms with E-state index in [1.54, 1.807) is 37.6 Å². The maximum Gasteiger partial charge on any atom is 0.244 e. The molecule has 0 aliphatic heterocycles. The van der Waals surface area contributed by atoms with E-state index in [1.165, 1.54) is 0 Å². The lowest BCUT2D eigenvalue weighted by molar-refractivity contribution is -0.120. The highest BCUT2D eigenvalue weighted by atomic mass is 16.5. The molecule has 1 amide bonds. The zero-order chi connectivity index (χ0) is 23.5. The Morgan fingerprint density at radius 3 is 2.39 bits per heavy atom. The van der Waals surface area contributed by atoms with E-state index in [-0.39, 0.29) is 12.3 Å². The van der Waals surface area contributed by atoms with Gasteiger partial charge in [-0.05, 0) is 66.1 Å². The first kappa shape index (κ1) is 23.4. The van der Waals surface area contributed by atoms with Crippen molar-refractivity contribution in [1.82, 2.24) is 5.43 Å². The lowest BCUT2D eigenvalue weighted by atomic mass is 10.1. The van der Waals surface area contributed by atoms with Gasteiger partial charge in [0.1, 0.15) is 12.4 Å². The number of nitrogens with zero attached hydrogens (tertiary/aromatic N) is 2. The molecule has 0 aliphatic carbocycles. The number of nitrogens with one attached hydrogen (secondary N) is 1. The number of nitriles is 1. The Morgan fingerprint density at radius 1 is 1.00 bits per heavy atom. The third kappa shape index (κ3) is 7.11. The number of hydrogen-bond donors (Lipinski definition) is 1. The highest BCUT2D eigenvalue weighted by Gasteiger charge is 2.07. The van der Waals surface area contributed by atoms with Crippen LogP contribution in [0.5, 0.6) is 17.2 Å². The molecule has 7 heteroatoms. The maximum absolute atomic E-state index is 12.1. The lowest BCUT2D eigenvalue weighted by Gasteiger charge is -2.11. The number of carbonyl (C=O) groups excluding carboxylic acids is 1. The zero-order valence-corrected chi connectivity index (χ0v) is 18.6. The molecule has 3 aromatic carbocycles. The van der Waals surface area contributed by atoms with Crippen molar-refractivity contribution in [3.05, 3.63) is 89.0 Å². The van der Waals surface area contributed by atoms with Gasteiger partial charge in [-0.1, -0.05) is 24.3 Å². The first-order valence-electron chi connectivity index (χ1n) is 10.4. The van der Waals surface area contributed by atoms with E-state index in [9.17, 15) is 4.79 Å². The molecule has 0 atom stereocenters. The second kappa shape index (κ2) is 11.9. The number of methoxy groups -OCH3 is 1. The van der Waals surface area contributed by atoms with Crippen molar-refractivity contribution in [3.8, 4) is 23.3 Å². The van der Waals surface area contributed by atoms with Gasteiger partial charge in [-0.3, -0.25) is 4.79 Å². The van der Waals surface area contributed by atoms with E-state index in [2.05, 4.69) is 16.6 Å². The van der Waals surface area contributed by atoms with Gasteiger partial charge in [0.2, 0.25) is 5.91 Å². The van der Waals surface area contributed by atoms with Crippen molar-refractivity contribution in [2.75, 3.05) is 13.7 Å². The molecule has 168 valence electrons. The predicted octanol–water partition coefficient (Wildman–Crippen LogP) is 4.24. The van der Waals surface area contributed by atoms with Gasteiger partial charge in [0.05, 0.1) is 38.0 Å². The Morgan fingerprint density at radius 2 is 1.73 bits per heavy atom. The Hall–Kier alpha value is -4.31.